The Morgan fingerprint density at radius 1 is 1.92 bits per heavy atom. The molecule has 5 heteroatoms. The van der Waals surface area contributed by atoms with Gasteiger partial charge in [0.1, 0.15) is 0 Å². The molecule has 0 fully saturated rings. The van der Waals surface area contributed by atoms with E-state index in [2.05, 4.69) is 15.0 Å². The topological polar surface area (TPSA) is 75.4 Å². The van der Waals surface area contributed by atoms with Crippen molar-refractivity contribution < 1.29 is 14.4 Å². The van der Waals surface area contributed by atoms with Gasteiger partial charge in [-0.1, -0.05) is 5.16 Å². The van der Waals surface area contributed by atoms with E-state index in [1.54, 1.807) is 6.92 Å². The summed E-state index contributed by atoms with van der Waals surface area (Å²) in [6.45, 7) is 1.59. The van der Waals surface area contributed by atoms with Crippen molar-refractivity contribution >= 4 is 5.91 Å². The van der Waals surface area contributed by atoms with Gasteiger partial charge < -0.3 is 14.9 Å². The number of nitrogens with zero attached hydrogens (tertiary/aromatic N) is 1. The van der Waals surface area contributed by atoms with Gasteiger partial charge in [-0.25, -0.2) is 0 Å². The fraction of sp³-hybridized carbons (Fsp3) is 0.429. The molecular formula is C7H10N2O3. The number of carbonyl (C=O) groups excluding carboxylic acids is 1. The SMILES string of the molecule is C[C@@H](CO)NC(=O)c1ccno1. The quantitative estimate of drug-likeness (QED) is 0.657. The largest absolute Gasteiger partial charge is 0.394 e. The molecule has 5 nitrogen and oxygen atoms in total. The molecule has 0 spiro atoms. The number of nitrogens with one attached hydrogen (secondary N) is 1. The van der Waals surface area contributed by atoms with Crippen molar-refractivity contribution in [3.05, 3.63) is 18.0 Å². The minimum atomic E-state index is -0.367. The summed E-state index contributed by atoms with van der Waals surface area (Å²) in [7, 11) is 0. The van der Waals surface area contributed by atoms with Gasteiger partial charge in [-0.3, -0.25) is 4.79 Å². The molecule has 1 atom stereocenters. The van der Waals surface area contributed by atoms with Crippen molar-refractivity contribution in [1.82, 2.24) is 10.5 Å². The third kappa shape index (κ3) is 2.06. The maximum atomic E-state index is 11.1. The monoisotopic (exact) mass is 170 g/mol. The summed E-state index contributed by atoms with van der Waals surface area (Å²) >= 11 is 0. The lowest BCUT2D eigenvalue weighted by atomic mass is 10.3. The average Bonchev–Trinajstić information content (AvgIpc) is 2.56. The zero-order valence-corrected chi connectivity index (χ0v) is 6.65. The van der Waals surface area contributed by atoms with E-state index in [4.69, 9.17) is 5.11 Å². The molecule has 1 rings (SSSR count). The van der Waals surface area contributed by atoms with Crippen LogP contribution in [0.3, 0.4) is 0 Å². The van der Waals surface area contributed by atoms with Gasteiger partial charge in [-0.15, -0.1) is 0 Å². The Labute approximate surface area is 69.4 Å². The summed E-state index contributed by atoms with van der Waals surface area (Å²) in [5.41, 5.74) is 0. The maximum Gasteiger partial charge on any atom is 0.290 e. The standard InChI is InChI=1S/C7H10N2O3/c1-5(4-10)9-7(11)6-2-3-8-12-6/h2-3,5,10H,4H2,1H3,(H,9,11)/t5-/m0/s1. The van der Waals surface area contributed by atoms with Crippen molar-refractivity contribution in [2.24, 2.45) is 0 Å². The number of carbonyl (C=O) groups is 1. The van der Waals surface area contributed by atoms with Crippen LogP contribution in [0.4, 0.5) is 0 Å². The molecule has 1 aromatic heterocycles. The van der Waals surface area contributed by atoms with Crippen molar-refractivity contribution in [3.8, 4) is 0 Å². The van der Waals surface area contributed by atoms with Gasteiger partial charge in [0.05, 0.1) is 12.8 Å². The Hall–Kier alpha value is -1.36. The van der Waals surface area contributed by atoms with Gasteiger partial charge in [-0.2, -0.15) is 0 Å². The minimum Gasteiger partial charge on any atom is -0.394 e. The number of aliphatic hydroxyl groups excluding tert-OH is 1. The number of aliphatic hydroxyl groups is 1. The van der Waals surface area contributed by atoms with Crippen LogP contribution in [-0.4, -0.2) is 28.8 Å². The number of hydrogen-bond donors (Lipinski definition) is 2. The normalized spacial score (nSPS) is 12.5. The first-order chi connectivity index (χ1) is 5.74. The highest BCUT2D eigenvalue weighted by atomic mass is 16.5. The molecule has 0 radical (unpaired) electrons. The molecule has 0 unspecified atom stereocenters. The van der Waals surface area contributed by atoms with E-state index >= 15 is 0 Å². The average molecular weight is 170 g/mol. The van der Waals surface area contributed by atoms with Crippen molar-refractivity contribution in [2.45, 2.75) is 13.0 Å². The van der Waals surface area contributed by atoms with Crippen LogP contribution in [-0.2, 0) is 0 Å². The van der Waals surface area contributed by atoms with Gasteiger partial charge in [0.25, 0.3) is 5.91 Å². The maximum absolute atomic E-state index is 11.1. The molecule has 1 heterocycles. The Kier molecular flexibility index (Phi) is 2.82. The Balaban J connectivity index is 2.50. The van der Waals surface area contributed by atoms with Crippen LogP contribution >= 0.6 is 0 Å². The van der Waals surface area contributed by atoms with E-state index in [9.17, 15) is 4.79 Å². The molecule has 0 aliphatic heterocycles. The van der Waals surface area contributed by atoms with E-state index in [0.717, 1.165) is 0 Å². The number of rotatable bonds is 3. The second kappa shape index (κ2) is 3.87. The molecule has 2 N–H and O–H groups in total. The summed E-state index contributed by atoms with van der Waals surface area (Å²) in [4.78, 5) is 11.1. The lowest BCUT2D eigenvalue weighted by Crippen LogP contribution is -2.34. The Bertz CT molecular complexity index is 245. The van der Waals surface area contributed by atoms with Gasteiger partial charge in [0.15, 0.2) is 0 Å². The van der Waals surface area contributed by atoms with Crippen LogP contribution in [0, 0.1) is 0 Å². The van der Waals surface area contributed by atoms with Crippen LogP contribution in [0.25, 0.3) is 0 Å². The van der Waals surface area contributed by atoms with Gasteiger partial charge in [-0.05, 0) is 6.92 Å². The molecule has 12 heavy (non-hydrogen) atoms. The smallest absolute Gasteiger partial charge is 0.290 e. The highest BCUT2D eigenvalue weighted by Gasteiger charge is 2.11. The first kappa shape index (κ1) is 8.73. The Morgan fingerprint density at radius 2 is 2.67 bits per heavy atom. The minimum absolute atomic E-state index is 0.0973. The van der Waals surface area contributed by atoms with Gasteiger partial charge in [0.2, 0.25) is 5.76 Å². The summed E-state index contributed by atoms with van der Waals surface area (Å²) < 4.78 is 4.60. The highest BCUT2D eigenvalue weighted by molar-refractivity contribution is 5.91. The number of hydrogen-bond acceptors (Lipinski definition) is 4. The molecule has 0 aliphatic carbocycles. The first-order valence-corrected chi connectivity index (χ1v) is 3.56. The van der Waals surface area contributed by atoms with E-state index in [0.29, 0.717) is 0 Å². The summed E-state index contributed by atoms with van der Waals surface area (Å²) in [6.07, 6.45) is 1.39. The molecule has 0 saturated heterocycles. The molecule has 0 aliphatic rings. The Morgan fingerprint density at radius 3 is 3.17 bits per heavy atom. The van der Waals surface area contributed by atoms with Crippen LogP contribution < -0.4 is 5.32 Å². The lowest BCUT2D eigenvalue weighted by Gasteiger charge is -2.07. The molecule has 1 amide bonds. The number of aromatic nitrogens is 1. The zero-order chi connectivity index (χ0) is 8.97. The zero-order valence-electron chi connectivity index (χ0n) is 6.65. The van der Waals surface area contributed by atoms with Crippen LogP contribution in [0.2, 0.25) is 0 Å². The fourth-order valence-corrected chi connectivity index (χ4v) is 0.673. The van der Waals surface area contributed by atoms with Crippen LogP contribution in [0.1, 0.15) is 17.5 Å². The highest BCUT2D eigenvalue weighted by Crippen LogP contribution is 1.96. The van der Waals surface area contributed by atoms with Gasteiger partial charge in [0, 0.05) is 12.1 Å². The predicted octanol–water partition coefficient (Wildman–Crippen LogP) is -0.215. The molecule has 0 saturated carbocycles. The van der Waals surface area contributed by atoms with E-state index in [1.165, 1.54) is 12.3 Å². The molecule has 0 aromatic carbocycles. The predicted molar refractivity (Wildman–Crippen MR) is 40.5 cm³/mol. The van der Waals surface area contributed by atoms with E-state index in [1.807, 2.05) is 0 Å². The number of amides is 1. The van der Waals surface area contributed by atoms with Crippen molar-refractivity contribution in [3.63, 3.8) is 0 Å². The van der Waals surface area contributed by atoms with E-state index < -0.39 is 0 Å². The third-order valence-corrected chi connectivity index (χ3v) is 1.31. The second-order valence-electron chi connectivity index (χ2n) is 2.43. The van der Waals surface area contributed by atoms with Gasteiger partial charge >= 0.3 is 0 Å². The molecule has 1 aromatic rings. The van der Waals surface area contributed by atoms with Crippen molar-refractivity contribution in [2.75, 3.05) is 6.61 Å². The molecule has 0 bridgehead atoms. The molecular weight excluding hydrogens is 160 g/mol. The first-order valence-electron chi connectivity index (χ1n) is 3.56. The van der Waals surface area contributed by atoms with Crippen LogP contribution in [0.15, 0.2) is 16.8 Å². The summed E-state index contributed by atoms with van der Waals surface area (Å²) in [5.74, 6) is -0.218. The van der Waals surface area contributed by atoms with Crippen LogP contribution in [0.5, 0.6) is 0 Å². The fourth-order valence-electron chi connectivity index (χ4n) is 0.673. The second-order valence-corrected chi connectivity index (χ2v) is 2.43. The third-order valence-electron chi connectivity index (χ3n) is 1.31. The van der Waals surface area contributed by atoms with Crippen molar-refractivity contribution in [1.29, 1.82) is 0 Å². The summed E-state index contributed by atoms with van der Waals surface area (Å²) in [6, 6.07) is 1.18. The molecule has 66 valence electrons. The summed E-state index contributed by atoms with van der Waals surface area (Å²) in [5, 5.41) is 14.5. The van der Waals surface area contributed by atoms with E-state index in [-0.39, 0.29) is 24.3 Å². The lowest BCUT2D eigenvalue weighted by molar-refractivity contribution is 0.0885.